The molecule has 0 bridgehead atoms. The summed E-state index contributed by atoms with van der Waals surface area (Å²) in [6.45, 7) is 6.12. The maximum absolute atomic E-state index is 12.6. The average Bonchev–Trinajstić information content (AvgIpc) is 3.10. The lowest BCUT2D eigenvalue weighted by Gasteiger charge is -2.37. The van der Waals surface area contributed by atoms with E-state index in [9.17, 15) is 4.79 Å². The van der Waals surface area contributed by atoms with Crippen LogP contribution in [0.15, 0.2) is 18.2 Å². The van der Waals surface area contributed by atoms with Crippen LogP contribution < -0.4 is 9.47 Å². The third-order valence-corrected chi connectivity index (χ3v) is 5.10. The molecular weight excluding hydrogens is 308 g/mol. The van der Waals surface area contributed by atoms with Gasteiger partial charge in [0.25, 0.3) is 0 Å². The molecular formula is C18H24N2O4. The zero-order valence-corrected chi connectivity index (χ0v) is 13.9. The normalized spacial score (nSPS) is 21.9. The SMILES string of the molecule is O=C(C1CCOCC1)N1CCN(Cc2ccc3c(c2)OCO3)CC1. The number of ether oxygens (including phenoxy) is 3. The Kier molecular flexibility index (Phi) is 4.58. The molecule has 0 aromatic heterocycles. The van der Waals surface area contributed by atoms with Gasteiger partial charge in [0.15, 0.2) is 11.5 Å². The molecule has 0 saturated carbocycles. The van der Waals surface area contributed by atoms with E-state index < -0.39 is 0 Å². The lowest BCUT2D eigenvalue weighted by atomic mass is 9.98. The van der Waals surface area contributed by atoms with E-state index in [0.29, 0.717) is 12.7 Å². The molecule has 1 aromatic carbocycles. The van der Waals surface area contributed by atoms with Crippen LogP contribution in [0.4, 0.5) is 0 Å². The minimum absolute atomic E-state index is 0.166. The summed E-state index contributed by atoms with van der Waals surface area (Å²) in [5.41, 5.74) is 1.23. The van der Waals surface area contributed by atoms with Crippen LogP contribution in [0.5, 0.6) is 11.5 Å². The van der Waals surface area contributed by atoms with E-state index in [4.69, 9.17) is 14.2 Å². The van der Waals surface area contributed by atoms with Crippen LogP contribution in [-0.2, 0) is 16.1 Å². The van der Waals surface area contributed by atoms with Gasteiger partial charge in [-0.3, -0.25) is 9.69 Å². The topological polar surface area (TPSA) is 51.2 Å². The predicted molar refractivity (Wildman–Crippen MR) is 88.0 cm³/mol. The fourth-order valence-corrected chi connectivity index (χ4v) is 3.63. The second-order valence-corrected chi connectivity index (χ2v) is 6.68. The molecule has 0 aliphatic carbocycles. The fourth-order valence-electron chi connectivity index (χ4n) is 3.63. The number of fused-ring (bicyclic) bond motifs is 1. The molecule has 1 amide bonds. The molecule has 6 heteroatoms. The third kappa shape index (κ3) is 3.35. The van der Waals surface area contributed by atoms with Crippen LogP contribution in [0.2, 0.25) is 0 Å². The molecule has 1 aromatic rings. The molecule has 3 heterocycles. The Morgan fingerprint density at radius 1 is 1.04 bits per heavy atom. The lowest BCUT2D eigenvalue weighted by Crippen LogP contribution is -2.50. The van der Waals surface area contributed by atoms with Gasteiger partial charge >= 0.3 is 0 Å². The minimum atomic E-state index is 0.166. The molecule has 0 N–H and O–H groups in total. The van der Waals surface area contributed by atoms with Crippen molar-refractivity contribution in [2.24, 2.45) is 5.92 Å². The summed E-state index contributed by atoms with van der Waals surface area (Å²) in [6, 6.07) is 6.12. The van der Waals surface area contributed by atoms with Crippen molar-refractivity contribution in [3.63, 3.8) is 0 Å². The highest BCUT2D eigenvalue weighted by Crippen LogP contribution is 2.32. The summed E-state index contributed by atoms with van der Waals surface area (Å²) < 4.78 is 16.1. The van der Waals surface area contributed by atoms with Crippen molar-refractivity contribution in [1.29, 1.82) is 0 Å². The van der Waals surface area contributed by atoms with Gasteiger partial charge in [0.05, 0.1) is 0 Å². The monoisotopic (exact) mass is 332 g/mol. The first-order valence-electron chi connectivity index (χ1n) is 8.77. The second-order valence-electron chi connectivity index (χ2n) is 6.68. The predicted octanol–water partition coefficient (Wildman–Crippen LogP) is 1.49. The first-order chi connectivity index (χ1) is 11.8. The zero-order chi connectivity index (χ0) is 16.4. The van der Waals surface area contributed by atoms with E-state index in [1.54, 1.807) is 0 Å². The van der Waals surface area contributed by atoms with Crippen molar-refractivity contribution in [2.45, 2.75) is 19.4 Å². The van der Waals surface area contributed by atoms with Crippen molar-refractivity contribution in [1.82, 2.24) is 9.80 Å². The van der Waals surface area contributed by atoms with Gasteiger partial charge in [-0.15, -0.1) is 0 Å². The first-order valence-corrected chi connectivity index (χ1v) is 8.77. The molecule has 24 heavy (non-hydrogen) atoms. The van der Waals surface area contributed by atoms with E-state index >= 15 is 0 Å². The van der Waals surface area contributed by atoms with Gasteiger partial charge < -0.3 is 19.1 Å². The Morgan fingerprint density at radius 3 is 2.58 bits per heavy atom. The molecule has 0 radical (unpaired) electrons. The van der Waals surface area contributed by atoms with Gasteiger partial charge in [-0.1, -0.05) is 6.07 Å². The highest BCUT2D eigenvalue weighted by atomic mass is 16.7. The van der Waals surface area contributed by atoms with Gasteiger partial charge in [-0.05, 0) is 30.5 Å². The number of rotatable bonds is 3. The van der Waals surface area contributed by atoms with Gasteiger partial charge in [0, 0.05) is 51.9 Å². The number of nitrogens with zero attached hydrogens (tertiary/aromatic N) is 2. The summed E-state index contributed by atoms with van der Waals surface area (Å²) in [5.74, 6) is 2.15. The Morgan fingerprint density at radius 2 is 1.79 bits per heavy atom. The van der Waals surface area contributed by atoms with Crippen molar-refractivity contribution in [3.05, 3.63) is 23.8 Å². The molecule has 0 spiro atoms. The number of piperazine rings is 1. The van der Waals surface area contributed by atoms with Gasteiger partial charge in [0.1, 0.15) is 0 Å². The maximum atomic E-state index is 12.6. The molecule has 0 atom stereocenters. The number of hydrogen-bond acceptors (Lipinski definition) is 5. The number of benzene rings is 1. The molecule has 3 aliphatic rings. The second kappa shape index (κ2) is 6.99. The Labute approximate surface area is 142 Å². The molecule has 2 saturated heterocycles. The average molecular weight is 332 g/mol. The van der Waals surface area contributed by atoms with E-state index in [-0.39, 0.29) is 5.92 Å². The van der Waals surface area contributed by atoms with E-state index in [1.165, 1.54) is 5.56 Å². The van der Waals surface area contributed by atoms with Gasteiger partial charge in [-0.25, -0.2) is 0 Å². The molecule has 130 valence electrons. The smallest absolute Gasteiger partial charge is 0.231 e. The van der Waals surface area contributed by atoms with Crippen LogP contribution in [0.1, 0.15) is 18.4 Å². The Balaban J connectivity index is 1.29. The summed E-state index contributed by atoms with van der Waals surface area (Å²) in [5, 5.41) is 0. The Hall–Kier alpha value is -1.79. The zero-order valence-electron chi connectivity index (χ0n) is 13.9. The van der Waals surface area contributed by atoms with Crippen molar-refractivity contribution in [3.8, 4) is 11.5 Å². The van der Waals surface area contributed by atoms with E-state index in [0.717, 1.165) is 70.3 Å². The fraction of sp³-hybridized carbons (Fsp3) is 0.611. The van der Waals surface area contributed by atoms with Crippen molar-refractivity contribution < 1.29 is 19.0 Å². The lowest BCUT2D eigenvalue weighted by molar-refractivity contribution is -0.140. The number of hydrogen-bond donors (Lipinski definition) is 0. The third-order valence-electron chi connectivity index (χ3n) is 5.10. The van der Waals surface area contributed by atoms with Gasteiger partial charge in [-0.2, -0.15) is 0 Å². The maximum Gasteiger partial charge on any atom is 0.231 e. The standard InChI is InChI=1S/C18H24N2O4/c21-18(15-3-9-22-10-4-15)20-7-5-19(6-8-20)12-14-1-2-16-17(11-14)24-13-23-16/h1-2,11,15H,3-10,12-13H2. The van der Waals surface area contributed by atoms with Crippen molar-refractivity contribution in [2.75, 3.05) is 46.2 Å². The molecule has 3 aliphatic heterocycles. The largest absolute Gasteiger partial charge is 0.454 e. The Bertz CT molecular complexity index is 593. The number of amides is 1. The summed E-state index contributed by atoms with van der Waals surface area (Å²) in [6.07, 6.45) is 1.74. The highest BCUT2D eigenvalue weighted by Gasteiger charge is 2.28. The van der Waals surface area contributed by atoms with E-state index in [1.807, 2.05) is 11.0 Å². The summed E-state index contributed by atoms with van der Waals surface area (Å²) >= 11 is 0. The van der Waals surface area contributed by atoms with Crippen LogP contribution in [0.3, 0.4) is 0 Å². The molecule has 2 fully saturated rings. The van der Waals surface area contributed by atoms with E-state index in [2.05, 4.69) is 17.0 Å². The number of carbonyl (C=O) groups excluding carboxylic acids is 1. The minimum Gasteiger partial charge on any atom is -0.454 e. The molecule has 6 nitrogen and oxygen atoms in total. The van der Waals surface area contributed by atoms with Gasteiger partial charge in [0.2, 0.25) is 12.7 Å². The van der Waals surface area contributed by atoms with Crippen LogP contribution in [-0.4, -0.2) is 61.9 Å². The highest BCUT2D eigenvalue weighted by molar-refractivity contribution is 5.79. The van der Waals surface area contributed by atoms with Crippen LogP contribution >= 0.6 is 0 Å². The molecule has 0 unspecified atom stereocenters. The van der Waals surface area contributed by atoms with Crippen LogP contribution in [0.25, 0.3) is 0 Å². The van der Waals surface area contributed by atoms with Crippen LogP contribution in [0, 0.1) is 5.92 Å². The van der Waals surface area contributed by atoms with Crippen molar-refractivity contribution >= 4 is 5.91 Å². The quantitative estimate of drug-likeness (QED) is 0.839. The summed E-state index contributed by atoms with van der Waals surface area (Å²) in [7, 11) is 0. The summed E-state index contributed by atoms with van der Waals surface area (Å²) in [4.78, 5) is 17.0. The number of carbonyl (C=O) groups is 1. The first kappa shape index (κ1) is 15.7. The molecule has 4 rings (SSSR count).